The summed E-state index contributed by atoms with van der Waals surface area (Å²) in [6.45, 7) is 7.26. The van der Waals surface area contributed by atoms with Crippen LogP contribution < -0.4 is 5.73 Å². The molecule has 1 heterocycles. The van der Waals surface area contributed by atoms with E-state index < -0.39 is 0 Å². The van der Waals surface area contributed by atoms with Gasteiger partial charge in [0.05, 0.1) is 0 Å². The van der Waals surface area contributed by atoms with E-state index in [1.807, 2.05) is 0 Å². The fraction of sp³-hybridized carbons (Fsp3) is 1.00. The molecule has 2 N–H and O–H groups in total. The second kappa shape index (κ2) is 7.34. The number of rotatable bonds is 7. The largest absolute Gasteiger partial charge is 0.330 e. The van der Waals surface area contributed by atoms with Crippen LogP contribution in [0.15, 0.2) is 0 Å². The van der Waals surface area contributed by atoms with E-state index in [0.717, 1.165) is 19.0 Å². The smallest absolute Gasteiger partial charge is 0.0112 e. The zero-order valence-electron chi connectivity index (χ0n) is 11.2. The third-order valence-electron chi connectivity index (χ3n) is 4.39. The van der Waals surface area contributed by atoms with Gasteiger partial charge in [-0.05, 0) is 58.3 Å². The van der Waals surface area contributed by atoms with Crippen LogP contribution in [0.5, 0.6) is 0 Å². The van der Waals surface area contributed by atoms with Crippen LogP contribution in [0.2, 0.25) is 0 Å². The Kier molecular flexibility index (Phi) is 5.75. The van der Waals surface area contributed by atoms with E-state index in [2.05, 4.69) is 9.80 Å². The van der Waals surface area contributed by atoms with E-state index in [4.69, 9.17) is 5.73 Å². The van der Waals surface area contributed by atoms with Crippen molar-refractivity contribution in [2.75, 3.05) is 39.3 Å². The fourth-order valence-corrected chi connectivity index (χ4v) is 3.32. The summed E-state index contributed by atoms with van der Waals surface area (Å²) < 4.78 is 0. The molecular weight excluding hydrogens is 210 g/mol. The number of hydrogen-bond donors (Lipinski definition) is 1. The molecule has 0 unspecified atom stereocenters. The summed E-state index contributed by atoms with van der Waals surface area (Å²) >= 11 is 0. The topological polar surface area (TPSA) is 32.5 Å². The third kappa shape index (κ3) is 4.23. The highest BCUT2D eigenvalue weighted by molar-refractivity contribution is 4.79. The van der Waals surface area contributed by atoms with Crippen molar-refractivity contribution >= 4 is 0 Å². The van der Waals surface area contributed by atoms with Crippen molar-refractivity contribution in [1.82, 2.24) is 9.80 Å². The van der Waals surface area contributed by atoms with Crippen LogP contribution in [0.4, 0.5) is 0 Å². The van der Waals surface area contributed by atoms with Crippen molar-refractivity contribution in [3.05, 3.63) is 0 Å². The third-order valence-corrected chi connectivity index (χ3v) is 4.39. The Morgan fingerprint density at radius 1 is 1.00 bits per heavy atom. The van der Waals surface area contributed by atoms with Crippen molar-refractivity contribution in [3.63, 3.8) is 0 Å². The Hall–Kier alpha value is -0.120. The Balaban J connectivity index is 1.72. The van der Waals surface area contributed by atoms with Crippen LogP contribution in [-0.2, 0) is 0 Å². The van der Waals surface area contributed by atoms with E-state index >= 15 is 0 Å². The zero-order chi connectivity index (χ0) is 11.9. The average Bonchev–Trinajstić information content (AvgIpc) is 3.01. The van der Waals surface area contributed by atoms with Gasteiger partial charge in [0.1, 0.15) is 0 Å². The van der Waals surface area contributed by atoms with E-state index in [1.54, 1.807) is 0 Å². The highest BCUT2D eigenvalue weighted by Gasteiger charge is 2.22. The number of likely N-dealkylation sites (tertiary alicyclic amines) is 1. The van der Waals surface area contributed by atoms with Crippen LogP contribution in [-0.4, -0.2) is 55.1 Å². The first-order chi connectivity index (χ1) is 8.40. The quantitative estimate of drug-likeness (QED) is 0.733. The molecule has 1 aliphatic heterocycles. The minimum Gasteiger partial charge on any atom is -0.330 e. The number of nitrogens with zero attached hydrogens (tertiary/aromatic N) is 2. The van der Waals surface area contributed by atoms with Gasteiger partial charge in [-0.2, -0.15) is 0 Å². The van der Waals surface area contributed by atoms with E-state index in [-0.39, 0.29) is 0 Å². The molecule has 0 aromatic heterocycles. The molecule has 0 bridgehead atoms. The predicted molar refractivity (Wildman–Crippen MR) is 73.2 cm³/mol. The molecule has 0 radical (unpaired) electrons. The number of hydrogen-bond acceptors (Lipinski definition) is 3. The molecule has 1 saturated heterocycles. The van der Waals surface area contributed by atoms with Gasteiger partial charge in [0.2, 0.25) is 0 Å². The van der Waals surface area contributed by atoms with Gasteiger partial charge in [-0.3, -0.25) is 4.90 Å². The van der Waals surface area contributed by atoms with E-state index in [9.17, 15) is 0 Å². The second-order valence-electron chi connectivity index (χ2n) is 5.67. The first kappa shape index (κ1) is 13.3. The minimum atomic E-state index is 0.840. The van der Waals surface area contributed by atoms with Crippen molar-refractivity contribution in [3.8, 4) is 0 Å². The lowest BCUT2D eigenvalue weighted by atomic mass is 10.2. The molecule has 3 heteroatoms. The van der Waals surface area contributed by atoms with Crippen LogP contribution in [0, 0.1) is 0 Å². The maximum absolute atomic E-state index is 5.66. The summed E-state index contributed by atoms with van der Waals surface area (Å²) in [4.78, 5) is 5.35. The standard InChI is InChI=1S/C14H29N3/c15-8-5-11-17(14-6-1-2-7-14)13-12-16-9-3-4-10-16/h14H,1-13,15H2. The molecule has 2 rings (SSSR count). The predicted octanol–water partition coefficient (Wildman–Crippen LogP) is 1.68. The van der Waals surface area contributed by atoms with Gasteiger partial charge in [-0.15, -0.1) is 0 Å². The van der Waals surface area contributed by atoms with Gasteiger partial charge in [-0.25, -0.2) is 0 Å². The molecule has 100 valence electrons. The lowest BCUT2D eigenvalue weighted by molar-refractivity contribution is 0.171. The first-order valence-electron chi connectivity index (χ1n) is 7.56. The van der Waals surface area contributed by atoms with E-state index in [1.165, 1.54) is 71.2 Å². The van der Waals surface area contributed by atoms with Crippen LogP contribution in [0.25, 0.3) is 0 Å². The molecular formula is C14H29N3. The van der Waals surface area contributed by atoms with Crippen molar-refractivity contribution in [1.29, 1.82) is 0 Å². The SMILES string of the molecule is NCCCN(CCN1CCCC1)C1CCCC1. The van der Waals surface area contributed by atoms with Crippen LogP contribution in [0.1, 0.15) is 44.9 Å². The van der Waals surface area contributed by atoms with Crippen molar-refractivity contribution < 1.29 is 0 Å². The highest BCUT2D eigenvalue weighted by Crippen LogP contribution is 2.23. The Bertz CT molecular complexity index is 196. The summed E-state index contributed by atoms with van der Waals surface area (Å²) in [7, 11) is 0. The Morgan fingerprint density at radius 2 is 1.71 bits per heavy atom. The number of nitrogens with two attached hydrogens (primary N) is 1. The van der Waals surface area contributed by atoms with Crippen molar-refractivity contribution in [2.45, 2.75) is 51.0 Å². The minimum absolute atomic E-state index is 0.840. The molecule has 3 nitrogen and oxygen atoms in total. The lowest BCUT2D eigenvalue weighted by Crippen LogP contribution is -2.40. The lowest BCUT2D eigenvalue weighted by Gasteiger charge is -2.30. The van der Waals surface area contributed by atoms with Crippen LogP contribution in [0.3, 0.4) is 0 Å². The first-order valence-corrected chi connectivity index (χ1v) is 7.56. The molecule has 1 saturated carbocycles. The molecule has 0 atom stereocenters. The maximum Gasteiger partial charge on any atom is 0.0112 e. The summed E-state index contributed by atoms with van der Waals surface area (Å²) in [5, 5.41) is 0. The highest BCUT2D eigenvalue weighted by atomic mass is 15.2. The molecule has 0 aromatic rings. The molecule has 17 heavy (non-hydrogen) atoms. The van der Waals surface area contributed by atoms with Gasteiger partial charge in [0.25, 0.3) is 0 Å². The second-order valence-corrected chi connectivity index (χ2v) is 5.67. The summed E-state index contributed by atoms with van der Waals surface area (Å²) in [5.74, 6) is 0. The molecule has 2 aliphatic rings. The molecule has 0 spiro atoms. The van der Waals surface area contributed by atoms with Crippen LogP contribution >= 0.6 is 0 Å². The molecule has 0 amide bonds. The summed E-state index contributed by atoms with van der Waals surface area (Å²) in [6, 6.07) is 0.865. The Labute approximate surface area is 106 Å². The summed E-state index contributed by atoms with van der Waals surface area (Å²) in [5.41, 5.74) is 5.66. The van der Waals surface area contributed by atoms with Gasteiger partial charge >= 0.3 is 0 Å². The van der Waals surface area contributed by atoms with Gasteiger partial charge in [0.15, 0.2) is 0 Å². The normalized spacial score (nSPS) is 22.9. The van der Waals surface area contributed by atoms with Gasteiger partial charge < -0.3 is 10.6 Å². The zero-order valence-corrected chi connectivity index (χ0v) is 11.2. The van der Waals surface area contributed by atoms with Crippen molar-refractivity contribution in [2.24, 2.45) is 5.73 Å². The Morgan fingerprint density at radius 3 is 2.35 bits per heavy atom. The average molecular weight is 239 g/mol. The fourth-order valence-electron chi connectivity index (χ4n) is 3.32. The molecule has 1 aliphatic carbocycles. The molecule has 0 aromatic carbocycles. The van der Waals surface area contributed by atoms with Gasteiger partial charge in [0, 0.05) is 19.1 Å². The molecule has 2 fully saturated rings. The van der Waals surface area contributed by atoms with Gasteiger partial charge in [-0.1, -0.05) is 12.8 Å². The summed E-state index contributed by atoms with van der Waals surface area (Å²) in [6.07, 6.45) is 9.70. The maximum atomic E-state index is 5.66. The monoisotopic (exact) mass is 239 g/mol. The van der Waals surface area contributed by atoms with E-state index in [0.29, 0.717) is 0 Å².